The second-order valence-electron chi connectivity index (χ2n) is 7.93. The molecule has 0 aliphatic carbocycles. The van der Waals surface area contributed by atoms with Crippen LogP contribution in [0.25, 0.3) is 0 Å². The molecule has 1 N–H and O–H groups in total. The van der Waals surface area contributed by atoms with Gasteiger partial charge in [0.1, 0.15) is 11.5 Å². The average molecular weight is 431 g/mol. The van der Waals surface area contributed by atoms with Crippen molar-refractivity contribution >= 4 is 23.2 Å². The zero-order valence-corrected chi connectivity index (χ0v) is 18.4. The van der Waals surface area contributed by atoms with Crippen LogP contribution in [0.1, 0.15) is 23.6 Å². The van der Waals surface area contributed by atoms with E-state index in [0.29, 0.717) is 23.7 Å². The lowest BCUT2D eigenvalue weighted by molar-refractivity contribution is -0.125. The molecule has 0 radical (unpaired) electrons. The molecule has 2 amide bonds. The van der Waals surface area contributed by atoms with E-state index < -0.39 is 6.10 Å². The predicted octanol–water partition coefficient (Wildman–Crippen LogP) is 4.50. The summed E-state index contributed by atoms with van der Waals surface area (Å²) in [5, 5.41) is 2.92. The average Bonchev–Trinajstić information content (AvgIpc) is 2.79. The maximum atomic E-state index is 12.9. The van der Waals surface area contributed by atoms with Gasteiger partial charge in [-0.25, -0.2) is 0 Å². The van der Waals surface area contributed by atoms with Crippen LogP contribution in [0, 0.1) is 6.92 Å². The zero-order valence-electron chi connectivity index (χ0n) is 18.4. The SMILES string of the molecule is COc1ccc(CC(=O)Nc2ccc3c(c2)N(Cc2ccc(C)cc2)C(=O)C(C)O3)cc1. The second kappa shape index (κ2) is 9.14. The Kier molecular flexibility index (Phi) is 6.12. The Bertz CT molecular complexity index is 1120. The summed E-state index contributed by atoms with van der Waals surface area (Å²) in [4.78, 5) is 27.2. The van der Waals surface area contributed by atoms with E-state index in [-0.39, 0.29) is 18.2 Å². The van der Waals surface area contributed by atoms with Crippen molar-refractivity contribution in [3.8, 4) is 11.5 Å². The number of carbonyl (C=O) groups is 2. The summed E-state index contributed by atoms with van der Waals surface area (Å²) >= 11 is 0. The summed E-state index contributed by atoms with van der Waals surface area (Å²) in [5.41, 5.74) is 4.34. The molecule has 0 aromatic heterocycles. The van der Waals surface area contributed by atoms with Crippen molar-refractivity contribution in [3.63, 3.8) is 0 Å². The van der Waals surface area contributed by atoms with Crippen LogP contribution in [-0.4, -0.2) is 25.0 Å². The summed E-state index contributed by atoms with van der Waals surface area (Å²) in [6.45, 7) is 4.21. The molecule has 1 aliphatic heterocycles. The number of anilines is 2. The van der Waals surface area contributed by atoms with Gasteiger partial charge in [-0.15, -0.1) is 0 Å². The summed E-state index contributed by atoms with van der Waals surface area (Å²) in [6.07, 6.45) is -0.330. The first-order valence-corrected chi connectivity index (χ1v) is 10.5. The number of nitrogens with one attached hydrogen (secondary N) is 1. The molecule has 4 rings (SSSR count). The molecule has 32 heavy (non-hydrogen) atoms. The molecule has 1 atom stereocenters. The van der Waals surface area contributed by atoms with E-state index >= 15 is 0 Å². The first-order valence-electron chi connectivity index (χ1n) is 10.5. The van der Waals surface area contributed by atoms with Crippen LogP contribution in [-0.2, 0) is 22.6 Å². The minimum absolute atomic E-state index is 0.111. The highest BCUT2D eigenvalue weighted by Crippen LogP contribution is 2.37. The van der Waals surface area contributed by atoms with Gasteiger partial charge in [0, 0.05) is 5.69 Å². The number of nitrogens with zero attached hydrogens (tertiary/aromatic N) is 1. The molecule has 0 saturated carbocycles. The quantitative estimate of drug-likeness (QED) is 0.625. The Morgan fingerprint density at radius 3 is 2.41 bits per heavy atom. The van der Waals surface area contributed by atoms with Gasteiger partial charge in [0.25, 0.3) is 5.91 Å². The lowest BCUT2D eigenvalue weighted by atomic mass is 10.1. The van der Waals surface area contributed by atoms with Gasteiger partial charge >= 0.3 is 0 Å². The van der Waals surface area contributed by atoms with Crippen molar-refractivity contribution in [2.45, 2.75) is 32.9 Å². The van der Waals surface area contributed by atoms with Crippen LogP contribution >= 0.6 is 0 Å². The van der Waals surface area contributed by atoms with Crippen molar-refractivity contribution in [2.75, 3.05) is 17.3 Å². The number of methoxy groups -OCH3 is 1. The fraction of sp³-hybridized carbons (Fsp3) is 0.231. The summed E-state index contributed by atoms with van der Waals surface area (Å²) < 4.78 is 10.9. The highest BCUT2D eigenvalue weighted by atomic mass is 16.5. The molecule has 6 heteroatoms. The highest BCUT2D eigenvalue weighted by Gasteiger charge is 2.31. The Hall–Kier alpha value is -3.80. The van der Waals surface area contributed by atoms with Gasteiger partial charge in [-0.3, -0.25) is 9.59 Å². The van der Waals surface area contributed by atoms with Gasteiger partial charge in [-0.05, 0) is 55.3 Å². The largest absolute Gasteiger partial charge is 0.497 e. The molecule has 0 saturated heterocycles. The number of amides is 2. The van der Waals surface area contributed by atoms with Crippen LogP contribution < -0.4 is 19.7 Å². The fourth-order valence-electron chi connectivity index (χ4n) is 3.66. The second-order valence-corrected chi connectivity index (χ2v) is 7.93. The van der Waals surface area contributed by atoms with Crippen molar-refractivity contribution in [2.24, 2.45) is 0 Å². The maximum absolute atomic E-state index is 12.9. The Morgan fingerprint density at radius 2 is 1.72 bits per heavy atom. The molecule has 1 aliphatic rings. The number of aryl methyl sites for hydroxylation is 1. The molecular formula is C26H26N2O4. The lowest BCUT2D eigenvalue weighted by Crippen LogP contribution is -2.44. The Balaban J connectivity index is 1.53. The molecule has 3 aromatic rings. The number of hydrogen-bond acceptors (Lipinski definition) is 4. The van der Waals surface area contributed by atoms with Gasteiger partial charge in [0.15, 0.2) is 6.10 Å². The standard InChI is InChI=1S/C26H26N2O4/c1-17-4-6-20(7-5-17)16-28-23-15-21(10-13-24(23)32-18(2)26(28)30)27-25(29)14-19-8-11-22(31-3)12-9-19/h4-13,15,18H,14,16H2,1-3H3,(H,27,29). The summed E-state index contributed by atoms with van der Waals surface area (Å²) in [6, 6.07) is 20.8. The summed E-state index contributed by atoms with van der Waals surface area (Å²) in [5.74, 6) is 1.12. The monoisotopic (exact) mass is 430 g/mol. The van der Waals surface area contributed by atoms with E-state index in [1.807, 2.05) is 55.5 Å². The van der Waals surface area contributed by atoms with Crippen LogP contribution in [0.3, 0.4) is 0 Å². The molecule has 3 aromatic carbocycles. The van der Waals surface area contributed by atoms with E-state index in [1.54, 1.807) is 37.1 Å². The van der Waals surface area contributed by atoms with Gasteiger partial charge in [0.2, 0.25) is 5.91 Å². The molecule has 164 valence electrons. The highest BCUT2D eigenvalue weighted by molar-refractivity contribution is 6.01. The van der Waals surface area contributed by atoms with Crippen LogP contribution in [0.2, 0.25) is 0 Å². The van der Waals surface area contributed by atoms with E-state index in [9.17, 15) is 9.59 Å². The molecule has 0 fully saturated rings. The Labute approximate surface area is 187 Å². The third-order valence-corrected chi connectivity index (χ3v) is 5.44. The molecule has 6 nitrogen and oxygen atoms in total. The minimum atomic E-state index is -0.566. The number of fused-ring (bicyclic) bond motifs is 1. The van der Waals surface area contributed by atoms with Gasteiger partial charge in [-0.1, -0.05) is 42.0 Å². The number of rotatable bonds is 6. The summed E-state index contributed by atoms with van der Waals surface area (Å²) in [7, 11) is 1.61. The zero-order chi connectivity index (χ0) is 22.7. The number of benzene rings is 3. The fourth-order valence-corrected chi connectivity index (χ4v) is 3.66. The third-order valence-electron chi connectivity index (χ3n) is 5.44. The van der Waals surface area contributed by atoms with E-state index in [4.69, 9.17) is 9.47 Å². The first-order chi connectivity index (χ1) is 15.4. The molecule has 0 spiro atoms. The van der Waals surface area contributed by atoms with E-state index in [1.165, 1.54) is 0 Å². The lowest BCUT2D eigenvalue weighted by Gasteiger charge is -2.33. The molecular weight excluding hydrogens is 404 g/mol. The van der Waals surface area contributed by atoms with Crippen molar-refractivity contribution in [1.82, 2.24) is 0 Å². The first kappa shape index (κ1) is 21.4. The predicted molar refractivity (Wildman–Crippen MR) is 124 cm³/mol. The minimum Gasteiger partial charge on any atom is -0.497 e. The van der Waals surface area contributed by atoms with Crippen LogP contribution in [0.5, 0.6) is 11.5 Å². The molecule has 1 unspecified atom stereocenters. The normalized spacial score (nSPS) is 15.0. The number of hydrogen-bond donors (Lipinski definition) is 1. The molecule has 1 heterocycles. The number of ether oxygens (including phenoxy) is 2. The topological polar surface area (TPSA) is 67.9 Å². The van der Waals surface area contributed by atoms with Crippen LogP contribution in [0.4, 0.5) is 11.4 Å². The van der Waals surface area contributed by atoms with Gasteiger partial charge in [-0.2, -0.15) is 0 Å². The van der Waals surface area contributed by atoms with Crippen molar-refractivity contribution in [3.05, 3.63) is 83.4 Å². The maximum Gasteiger partial charge on any atom is 0.268 e. The van der Waals surface area contributed by atoms with Gasteiger partial charge < -0.3 is 19.7 Å². The van der Waals surface area contributed by atoms with Crippen molar-refractivity contribution < 1.29 is 19.1 Å². The van der Waals surface area contributed by atoms with Crippen molar-refractivity contribution in [1.29, 1.82) is 0 Å². The van der Waals surface area contributed by atoms with E-state index in [0.717, 1.165) is 22.4 Å². The van der Waals surface area contributed by atoms with E-state index in [2.05, 4.69) is 5.32 Å². The van der Waals surface area contributed by atoms with Crippen LogP contribution in [0.15, 0.2) is 66.7 Å². The Morgan fingerprint density at radius 1 is 1.03 bits per heavy atom. The molecule has 0 bridgehead atoms. The van der Waals surface area contributed by atoms with Gasteiger partial charge in [0.05, 0.1) is 25.8 Å². The number of carbonyl (C=O) groups excluding carboxylic acids is 2. The third kappa shape index (κ3) is 4.75. The smallest absolute Gasteiger partial charge is 0.268 e.